The van der Waals surface area contributed by atoms with Gasteiger partial charge in [-0.15, -0.1) is 0 Å². The quantitative estimate of drug-likeness (QED) is 0.911. The van der Waals surface area contributed by atoms with Gasteiger partial charge < -0.3 is 5.11 Å². The van der Waals surface area contributed by atoms with E-state index in [9.17, 15) is 17.9 Å². The van der Waals surface area contributed by atoms with Gasteiger partial charge in [-0.05, 0) is 36.8 Å². The summed E-state index contributed by atoms with van der Waals surface area (Å²) >= 11 is 0. The zero-order valence-electron chi connectivity index (χ0n) is 11.0. The summed E-state index contributed by atoms with van der Waals surface area (Å²) in [6.45, 7) is 1.67. The van der Waals surface area contributed by atoms with Gasteiger partial charge in [0.1, 0.15) is 17.6 Å². The van der Waals surface area contributed by atoms with Gasteiger partial charge in [0, 0.05) is 6.07 Å². The van der Waals surface area contributed by atoms with Crippen LogP contribution < -0.4 is 4.72 Å². The number of hydrogen-bond donors (Lipinski definition) is 2. The molecule has 0 aliphatic carbocycles. The van der Waals surface area contributed by atoms with Crippen molar-refractivity contribution >= 4 is 15.7 Å². The van der Waals surface area contributed by atoms with Crippen molar-refractivity contribution in [2.75, 3.05) is 4.72 Å². The van der Waals surface area contributed by atoms with Gasteiger partial charge in [0.15, 0.2) is 0 Å². The van der Waals surface area contributed by atoms with Gasteiger partial charge in [-0.3, -0.25) is 4.72 Å². The molecule has 0 aliphatic heterocycles. The Morgan fingerprint density at radius 1 is 1.24 bits per heavy atom. The second-order valence-electron chi connectivity index (χ2n) is 4.36. The van der Waals surface area contributed by atoms with E-state index in [0.29, 0.717) is 5.56 Å². The predicted molar refractivity (Wildman–Crippen MR) is 74.8 cm³/mol. The standard InChI is InChI=1S/C14H11FN2O3S/c1-9-2-3-11(7-14(9)18)17-21(19,20)12-4-5-13(15)10(6-12)8-16/h2-7,17-18H,1H3. The molecule has 0 bridgehead atoms. The summed E-state index contributed by atoms with van der Waals surface area (Å²) in [5.74, 6) is -0.837. The molecular weight excluding hydrogens is 295 g/mol. The molecule has 0 heterocycles. The monoisotopic (exact) mass is 306 g/mol. The highest BCUT2D eigenvalue weighted by Gasteiger charge is 2.17. The van der Waals surface area contributed by atoms with Gasteiger partial charge >= 0.3 is 0 Å². The Kier molecular flexibility index (Phi) is 3.82. The molecule has 0 spiro atoms. The Balaban J connectivity index is 2.38. The number of aromatic hydroxyl groups is 1. The third-order valence-corrected chi connectivity index (χ3v) is 4.21. The van der Waals surface area contributed by atoms with Crippen LogP contribution in [0.1, 0.15) is 11.1 Å². The molecule has 2 aromatic rings. The van der Waals surface area contributed by atoms with Crippen molar-refractivity contribution in [3.8, 4) is 11.8 Å². The van der Waals surface area contributed by atoms with E-state index in [4.69, 9.17) is 5.26 Å². The molecular formula is C14H11FN2O3S. The first-order valence-electron chi connectivity index (χ1n) is 5.85. The largest absolute Gasteiger partial charge is 0.508 e. The predicted octanol–water partition coefficient (Wildman–Crippen LogP) is 2.51. The smallest absolute Gasteiger partial charge is 0.261 e. The molecule has 2 aromatic carbocycles. The van der Waals surface area contributed by atoms with E-state index in [2.05, 4.69) is 4.72 Å². The fourth-order valence-corrected chi connectivity index (χ4v) is 2.72. The molecule has 0 radical (unpaired) electrons. The molecule has 0 amide bonds. The van der Waals surface area contributed by atoms with Crippen molar-refractivity contribution in [1.82, 2.24) is 0 Å². The number of aryl methyl sites for hydroxylation is 1. The second kappa shape index (κ2) is 5.42. The number of benzene rings is 2. The van der Waals surface area contributed by atoms with Crippen molar-refractivity contribution in [2.45, 2.75) is 11.8 Å². The summed E-state index contributed by atoms with van der Waals surface area (Å²) in [6.07, 6.45) is 0. The Labute approximate surface area is 121 Å². The zero-order valence-corrected chi connectivity index (χ0v) is 11.8. The highest BCUT2D eigenvalue weighted by atomic mass is 32.2. The average molecular weight is 306 g/mol. The van der Waals surface area contributed by atoms with Crippen molar-refractivity contribution in [1.29, 1.82) is 5.26 Å². The Hall–Kier alpha value is -2.59. The number of nitrogens with one attached hydrogen (secondary N) is 1. The molecule has 0 aromatic heterocycles. The Bertz CT molecular complexity index is 842. The van der Waals surface area contributed by atoms with Crippen LogP contribution in [0.25, 0.3) is 0 Å². The molecule has 7 heteroatoms. The number of nitriles is 1. The summed E-state index contributed by atoms with van der Waals surface area (Å²) in [5.41, 5.74) is 0.414. The fourth-order valence-electron chi connectivity index (χ4n) is 1.64. The van der Waals surface area contributed by atoms with Gasteiger partial charge in [-0.2, -0.15) is 5.26 Å². The normalized spacial score (nSPS) is 10.9. The lowest BCUT2D eigenvalue weighted by Gasteiger charge is -2.09. The van der Waals surface area contributed by atoms with E-state index in [1.165, 1.54) is 12.1 Å². The third-order valence-electron chi connectivity index (χ3n) is 2.83. The van der Waals surface area contributed by atoms with Gasteiger partial charge in [0.05, 0.1) is 16.1 Å². The van der Waals surface area contributed by atoms with Crippen LogP contribution in [0.3, 0.4) is 0 Å². The summed E-state index contributed by atoms with van der Waals surface area (Å²) < 4.78 is 39.8. The lowest BCUT2D eigenvalue weighted by atomic mass is 10.2. The lowest BCUT2D eigenvalue weighted by molar-refractivity contribution is 0.471. The zero-order chi connectivity index (χ0) is 15.6. The van der Waals surface area contributed by atoms with Crippen LogP contribution in [-0.4, -0.2) is 13.5 Å². The van der Waals surface area contributed by atoms with E-state index < -0.39 is 15.8 Å². The van der Waals surface area contributed by atoms with Crippen LogP contribution in [0.2, 0.25) is 0 Å². The molecule has 2 rings (SSSR count). The number of anilines is 1. The highest BCUT2D eigenvalue weighted by Crippen LogP contribution is 2.24. The summed E-state index contributed by atoms with van der Waals surface area (Å²) in [6, 6.07) is 8.82. The molecule has 108 valence electrons. The number of sulfonamides is 1. The number of halogens is 1. The maximum atomic E-state index is 13.2. The molecule has 5 nitrogen and oxygen atoms in total. The van der Waals surface area contributed by atoms with Crippen molar-refractivity contribution in [2.24, 2.45) is 0 Å². The van der Waals surface area contributed by atoms with Crippen LogP contribution >= 0.6 is 0 Å². The number of phenols is 1. The summed E-state index contributed by atoms with van der Waals surface area (Å²) in [7, 11) is -3.97. The van der Waals surface area contributed by atoms with Gasteiger partial charge in [0.25, 0.3) is 10.0 Å². The summed E-state index contributed by atoms with van der Waals surface area (Å²) in [5, 5.41) is 18.3. The SMILES string of the molecule is Cc1ccc(NS(=O)(=O)c2ccc(F)c(C#N)c2)cc1O. The minimum atomic E-state index is -3.97. The van der Waals surface area contributed by atoms with E-state index in [1.54, 1.807) is 19.1 Å². The first kappa shape index (κ1) is 14.8. The third kappa shape index (κ3) is 3.12. The van der Waals surface area contributed by atoms with Gasteiger partial charge in [0.2, 0.25) is 0 Å². The highest BCUT2D eigenvalue weighted by molar-refractivity contribution is 7.92. The number of nitrogens with zero attached hydrogens (tertiary/aromatic N) is 1. The maximum Gasteiger partial charge on any atom is 0.261 e. The van der Waals surface area contributed by atoms with E-state index in [-0.39, 0.29) is 21.9 Å². The van der Waals surface area contributed by atoms with Crippen molar-refractivity contribution in [3.63, 3.8) is 0 Å². The minimum absolute atomic E-state index is 0.0491. The van der Waals surface area contributed by atoms with Crippen LogP contribution in [0, 0.1) is 24.1 Å². The Morgan fingerprint density at radius 2 is 1.95 bits per heavy atom. The number of hydrogen-bond acceptors (Lipinski definition) is 4. The van der Waals surface area contributed by atoms with Crippen molar-refractivity contribution in [3.05, 3.63) is 53.3 Å². The van der Waals surface area contributed by atoms with Crippen LogP contribution in [-0.2, 0) is 10.0 Å². The number of rotatable bonds is 3. The first-order chi connectivity index (χ1) is 9.83. The van der Waals surface area contributed by atoms with Gasteiger partial charge in [-0.1, -0.05) is 6.07 Å². The van der Waals surface area contributed by atoms with E-state index >= 15 is 0 Å². The summed E-state index contributed by atoms with van der Waals surface area (Å²) in [4.78, 5) is -0.236. The molecule has 2 N–H and O–H groups in total. The second-order valence-corrected chi connectivity index (χ2v) is 6.04. The molecule has 0 aliphatic rings. The fraction of sp³-hybridized carbons (Fsp3) is 0.0714. The van der Waals surface area contributed by atoms with Crippen molar-refractivity contribution < 1.29 is 17.9 Å². The molecule has 21 heavy (non-hydrogen) atoms. The lowest BCUT2D eigenvalue weighted by Crippen LogP contribution is -2.13. The van der Waals surface area contributed by atoms with Gasteiger partial charge in [-0.25, -0.2) is 12.8 Å². The first-order valence-corrected chi connectivity index (χ1v) is 7.34. The Morgan fingerprint density at radius 3 is 2.57 bits per heavy atom. The van der Waals surface area contributed by atoms with Crippen LogP contribution in [0.4, 0.5) is 10.1 Å². The molecule has 0 saturated carbocycles. The minimum Gasteiger partial charge on any atom is -0.508 e. The molecule has 0 unspecified atom stereocenters. The van der Waals surface area contributed by atoms with E-state index in [0.717, 1.165) is 18.2 Å². The van der Waals surface area contributed by atoms with Crippen LogP contribution in [0.5, 0.6) is 5.75 Å². The molecule has 0 fully saturated rings. The van der Waals surface area contributed by atoms with Crippen LogP contribution in [0.15, 0.2) is 41.3 Å². The topological polar surface area (TPSA) is 90.2 Å². The maximum absolute atomic E-state index is 13.2. The van der Waals surface area contributed by atoms with E-state index in [1.807, 2.05) is 0 Å². The molecule has 0 atom stereocenters. The average Bonchev–Trinajstić information content (AvgIpc) is 2.43. The molecule has 0 saturated heterocycles. The number of phenolic OH excluding ortho intramolecular Hbond substituents is 1.